The number of likely N-dealkylation sites (tertiary alicyclic amines) is 1. The zero-order valence-electron chi connectivity index (χ0n) is 17.6. The third-order valence-corrected chi connectivity index (χ3v) is 6.73. The van der Waals surface area contributed by atoms with E-state index in [-0.39, 0.29) is 14.9 Å². The lowest BCUT2D eigenvalue weighted by Gasteiger charge is -2.37. The van der Waals surface area contributed by atoms with Crippen LogP contribution >= 0.6 is 0 Å². The summed E-state index contributed by atoms with van der Waals surface area (Å²) in [6.45, 7) is 5.14. The van der Waals surface area contributed by atoms with Crippen molar-refractivity contribution in [2.45, 2.75) is 65.6 Å². The van der Waals surface area contributed by atoms with Crippen LogP contribution in [0.25, 0.3) is 11.0 Å². The number of pyridine rings is 1. The maximum atomic E-state index is 6.10. The highest BCUT2D eigenvalue weighted by Gasteiger charge is 2.28. The summed E-state index contributed by atoms with van der Waals surface area (Å²) < 4.78 is 0. The van der Waals surface area contributed by atoms with Crippen LogP contribution in [-0.2, 0) is 13.0 Å². The van der Waals surface area contributed by atoms with E-state index in [9.17, 15) is 0 Å². The molecule has 1 fully saturated rings. The van der Waals surface area contributed by atoms with Gasteiger partial charge in [-0.05, 0) is 69.0 Å². The molecule has 3 aromatic rings. The summed E-state index contributed by atoms with van der Waals surface area (Å²) >= 11 is 0. The number of piperidine rings is 1. The van der Waals surface area contributed by atoms with Gasteiger partial charge in [0.25, 0.3) is 0 Å². The van der Waals surface area contributed by atoms with Crippen molar-refractivity contribution in [2.75, 3.05) is 26.2 Å². The molecule has 5 rings (SSSR count). The van der Waals surface area contributed by atoms with E-state index < -0.39 is 0 Å². The Morgan fingerprint density at radius 3 is 2.69 bits per heavy atom. The van der Waals surface area contributed by atoms with Gasteiger partial charge in [0.05, 0.1) is 29.3 Å². The molecule has 0 amide bonds. The predicted octanol–water partition coefficient (Wildman–Crippen LogP) is 4.53. The SMILES string of the molecule is C.C.NC1CCN(CCN(Cc2nc3ccccc3[nH]2)C2CCCc3cccnc32)CC1. The average Bonchev–Trinajstić information content (AvgIpc) is 3.20. The van der Waals surface area contributed by atoms with Gasteiger partial charge in [-0.3, -0.25) is 9.88 Å². The van der Waals surface area contributed by atoms with E-state index in [1.807, 2.05) is 12.3 Å². The van der Waals surface area contributed by atoms with Crippen molar-refractivity contribution < 1.29 is 0 Å². The lowest BCUT2D eigenvalue weighted by Crippen LogP contribution is -2.44. The van der Waals surface area contributed by atoms with Gasteiger partial charge in [0.2, 0.25) is 0 Å². The number of nitrogens with two attached hydrogens (primary N) is 1. The molecule has 6 heteroatoms. The molecule has 1 aromatic carbocycles. The van der Waals surface area contributed by atoms with Crippen molar-refractivity contribution in [3.05, 3.63) is 59.7 Å². The number of benzene rings is 1. The van der Waals surface area contributed by atoms with Gasteiger partial charge < -0.3 is 15.6 Å². The first kappa shape index (κ1) is 24.4. The zero-order valence-corrected chi connectivity index (χ0v) is 17.6. The number of aromatic nitrogens is 3. The van der Waals surface area contributed by atoms with Crippen LogP contribution in [0.5, 0.6) is 0 Å². The molecular weight excluding hydrogens is 396 g/mol. The number of para-hydroxylation sites is 2. The molecular formula is C26H40N6. The van der Waals surface area contributed by atoms with Gasteiger partial charge in [-0.15, -0.1) is 0 Å². The first-order chi connectivity index (χ1) is 14.8. The number of H-pyrrole nitrogens is 1. The second-order valence-corrected chi connectivity index (χ2v) is 8.81. The third-order valence-electron chi connectivity index (χ3n) is 6.73. The molecule has 0 saturated carbocycles. The molecule has 1 aliphatic carbocycles. The molecule has 0 bridgehead atoms. The number of imidazole rings is 1. The first-order valence-electron chi connectivity index (χ1n) is 11.4. The Morgan fingerprint density at radius 2 is 1.88 bits per heavy atom. The summed E-state index contributed by atoms with van der Waals surface area (Å²) in [5.41, 5.74) is 10.9. The molecule has 1 unspecified atom stereocenters. The number of fused-ring (bicyclic) bond motifs is 2. The van der Waals surface area contributed by atoms with Gasteiger partial charge in [-0.2, -0.15) is 0 Å². The van der Waals surface area contributed by atoms with Crippen LogP contribution in [0.15, 0.2) is 42.6 Å². The number of aryl methyl sites for hydroxylation is 1. The normalized spacial score (nSPS) is 19.4. The molecule has 0 radical (unpaired) electrons. The summed E-state index contributed by atoms with van der Waals surface area (Å²) in [6, 6.07) is 13.3. The van der Waals surface area contributed by atoms with Gasteiger partial charge in [-0.1, -0.05) is 33.1 Å². The van der Waals surface area contributed by atoms with Crippen LogP contribution in [0.3, 0.4) is 0 Å². The van der Waals surface area contributed by atoms with Crippen molar-refractivity contribution in [1.29, 1.82) is 0 Å². The van der Waals surface area contributed by atoms with E-state index in [1.165, 1.54) is 17.7 Å². The van der Waals surface area contributed by atoms with Crippen LogP contribution in [0.4, 0.5) is 0 Å². The van der Waals surface area contributed by atoms with Crippen LogP contribution in [-0.4, -0.2) is 57.0 Å². The highest BCUT2D eigenvalue weighted by atomic mass is 15.2. The highest BCUT2D eigenvalue weighted by Crippen LogP contribution is 2.33. The van der Waals surface area contributed by atoms with E-state index in [1.54, 1.807) is 0 Å². The summed E-state index contributed by atoms with van der Waals surface area (Å²) in [5, 5.41) is 0. The molecule has 0 spiro atoms. The number of aromatic amines is 1. The van der Waals surface area contributed by atoms with Crippen molar-refractivity contribution in [2.24, 2.45) is 5.73 Å². The van der Waals surface area contributed by atoms with Gasteiger partial charge in [0.1, 0.15) is 5.82 Å². The van der Waals surface area contributed by atoms with Crippen molar-refractivity contribution in [3.63, 3.8) is 0 Å². The second kappa shape index (κ2) is 11.0. The zero-order chi connectivity index (χ0) is 20.3. The fraction of sp³-hybridized carbons (Fsp3) is 0.538. The summed E-state index contributed by atoms with van der Waals surface area (Å²) in [4.78, 5) is 18.4. The van der Waals surface area contributed by atoms with Crippen molar-refractivity contribution >= 4 is 11.0 Å². The highest BCUT2D eigenvalue weighted by molar-refractivity contribution is 5.74. The smallest absolute Gasteiger partial charge is 0.121 e. The molecule has 3 heterocycles. The maximum Gasteiger partial charge on any atom is 0.121 e. The average molecular weight is 437 g/mol. The summed E-state index contributed by atoms with van der Waals surface area (Å²) in [7, 11) is 0. The summed E-state index contributed by atoms with van der Waals surface area (Å²) in [5.74, 6) is 1.04. The van der Waals surface area contributed by atoms with Crippen LogP contribution in [0, 0.1) is 0 Å². The van der Waals surface area contributed by atoms with E-state index >= 15 is 0 Å². The van der Waals surface area contributed by atoms with E-state index in [4.69, 9.17) is 15.7 Å². The Labute approximate surface area is 193 Å². The topological polar surface area (TPSA) is 74.1 Å². The van der Waals surface area contributed by atoms with Crippen LogP contribution in [0.2, 0.25) is 0 Å². The van der Waals surface area contributed by atoms with Gasteiger partial charge in [-0.25, -0.2) is 4.98 Å². The number of hydrogen-bond acceptors (Lipinski definition) is 5. The molecule has 2 aromatic heterocycles. The number of nitrogens with zero attached hydrogens (tertiary/aromatic N) is 4. The van der Waals surface area contributed by atoms with Crippen LogP contribution in [0.1, 0.15) is 63.7 Å². The molecule has 1 saturated heterocycles. The minimum absolute atomic E-state index is 0. The Hall–Kier alpha value is -2.28. The minimum Gasteiger partial charge on any atom is -0.341 e. The fourth-order valence-electron chi connectivity index (χ4n) is 5.00. The van der Waals surface area contributed by atoms with E-state index in [0.29, 0.717) is 12.1 Å². The Balaban J connectivity index is 0.00000144. The summed E-state index contributed by atoms with van der Waals surface area (Å²) in [6.07, 6.45) is 7.69. The number of rotatable bonds is 6. The third kappa shape index (κ3) is 5.37. The second-order valence-electron chi connectivity index (χ2n) is 8.81. The minimum atomic E-state index is 0. The lowest BCUT2D eigenvalue weighted by molar-refractivity contribution is 0.124. The first-order valence-corrected chi connectivity index (χ1v) is 11.4. The Kier molecular flexibility index (Phi) is 8.40. The standard InChI is InChI=1S/C24H32N6.2CH4/c25-19-10-13-29(14-11-19)15-16-30(17-23-27-20-7-1-2-8-21(20)28-23)22-9-3-5-18-6-4-12-26-24(18)22;;/h1-2,4,6-8,12,19,22H,3,5,9-11,13-17,25H2,(H,27,28);2*1H4. The predicted molar refractivity (Wildman–Crippen MR) is 134 cm³/mol. The maximum absolute atomic E-state index is 6.10. The molecule has 1 aliphatic heterocycles. The molecule has 3 N–H and O–H groups in total. The number of nitrogens with one attached hydrogen (secondary N) is 1. The van der Waals surface area contributed by atoms with Crippen molar-refractivity contribution in [3.8, 4) is 0 Å². The molecule has 32 heavy (non-hydrogen) atoms. The molecule has 174 valence electrons. The monoisotopic (exact) mass is 436 g/mol. The van der Waals surface area contributed by atoms with E-state index in [2.05, 4.69) is 45.1 Å². The molecule has 2 aliphatic rings. The van der Waals surface area contributed by atoms with Crippen molar-refractivity contribution in [1.82, 2.24) is 24.8 Å². The quantitative estimate of drug-likeness (QED) is 0.594. The fourth-order valence-corrected chi connectivity index (χ4v) is 5.00. The van der Waals surface area contributed by atoms with Gasteiger partial charge >= 0.3 is 0 Å². The molecule has 1 atom stereocenters. The van der Waals surface area contributed by atoms with Crippen LogP contribution < -0.4 is 5.73 Å². The van der Waals surface area contributed by atoms with Gasteiger partial charge in [0, 0.05) is 25.3 Å². The Morgan fingerprint density at radius 1 is 1.06 bits per heavy atom. The number of hydrogen-bond donors (Lipinski definition) is 2. The largest absolute Gasteiger partial charge is 0.341 e. The molecule has 6 nitrogen and oxygen atoms in total. The Bertz CT molecular complexity index is 942. The van der Waals surface area contributed by atoms with E-state index in [0.717, 1.165) is 75.3 Å². The lowest BCUT2D eigenvalue weighted by atomic mass is 9.90. The van der Waals surface area contributed by atoms with Gasteiger partial charge in [0.15, 0.2) is 0 Å².